The summed E-state index contributed by atoms with van der Waals surface area (Å²) in [6.45, 7) is 0.848. The van der Waals surface area contributed by atoms with Crippen molar-refractivity contribution in [2.75, 3.05) is 33.4 Å². The number of thiophene rings is 1. The summed E-state index contributed by atoms with van der Waals surface area (Å²) in [5.74, 6) is -0.476. The van der Waals surface area contributed by atoms with Crippen molar-refractivity contribution in [1.82, 2.24) is 10.2 Å². The number of nitrogens with one attached hydrogen (secondary N) is 1. The van der Waals surface area contributed by atoms with Gasteiger partial charge in [0.05, 0.1) is 18.0 Å². The fraction of sp³-hybridized carbons (Fsp3) is 0.538. The molecule has 2 rings (SSSR count). The molecule has 0 bridgehead atoms. The van der Waals surface area contributed by atoms with Gasteiger partial charge in [-0.05, 0) is 11.4 Å². The molecule has 2 amide bonds. The average molecular weight is 298 g/mol. The predicted octanol–water partition coefficient (Wildman–Crippen LogP) is 0.0877. The van der Waals surface area contributed by atoms with Gasteiger partial charge in [-0.1, -0.05) is 6.07 Å². The average Bonchev–Trinajstić information content (AvgIpc) is 3.07. The van der Waals surface area contributed by atoms with Crippen LogP contribution in [0.3, 0.4) is 0 Å². The molecule has 1 aromatic rings. The lowest BCUT2D eigenvalue weighted by atomic mass is 10.0. The molecule has 1 fully saturated rings. The number of hydrogen-bond donors (Lipinski definition) is 2. The highest BCUT2D eigenvalue weighted by Gasteiger charge is 2.32. The van der Waals surface area contributed by atoms with E-state index < -0.39 is 5.60 Å². The van der Waals surface area contributed by atoms with E-state index in [0.717, 1.165) is 0 Å². The van der Waals surface area contributed by atoms with Crippen molar-refractivity contribution in [1.29, 1.82) is 0 Å². The summed E-state index contributed by atoms with van der Waals surface area (Å²) in [6, 6.07) is 3.52. The third kappa shape index (κ3) is 3.78. The standard InChI is InChI=1S/C13H18N2O4S/c1-15(12(17)10-3-2-6-20-10)7-11(16)14-8-13(18)4-5-19-9-13/h2-3,6,18H,4-5,7-9H2,1H3,(H,14,16). The Morgan fingerprint density at radius 1 is 1.60 bits per heavy atom. The zero-order valence-corrected chi connectivity index (χ0v) is 12.1. The van der Waals surface area contributed by atoms with Crippen molar-refractivity contribution in [2.24, 2.45) is 0 Å². The number of likely N-dealkylation sites (N-methyl/N-ethyl adjacent to an activating group) is 1. The van der Waals surface area contributed by atoms with Crippen molar-refractivity contribution < 1.29 is 19.4 Å². The molecule has 1 aliphatic heterocycles. The van der Waals surface area contributed by atoms with Gasteiger partial charge in [0.25, 0.3) is 5.91 Å². The van der Waals surface area contributed by atoms with E-state index in [4.69, 9.17) is 4.74 Å². The number of aliphatic hydroxyl groups is 1. The number of ether oxygens (including phenoxy) is 1. The summed E-state index contributed by atoms with van der Waals surface area (Å²) >= 11 is 1.34. The zero-order valence-electron chi connectivity index (χ0n) is 11.3. The van der Waals surface area contributed by atoms with Crippen LogP contribution in [-0.2, 0) is 9.53 Å². The zero-order chi connectivity index (χ0) is 14.6. The Bertz CT molecular complexity index is 469. The molecule has 2 N–H and O–H groups in total. The molecule has 1 unspecified atom stereocenters. The van der Waals surface area contributed by atoms with E-state index in [1.807, 2.05) is 5.38 Å². The first-order chi connectivity index (χ1) is 9.50. The third-order valence-electron chi connectivity index (χ3n) is 3.16. The normalized spacial score (nSPS) is 21.7. The molecular weight excluding hydrogens is 280 g/mol. The second-order valence-electron chi connectivity index (χ2n) is 4.94. The summed E-state index contributed by atoms with van der Waals surface area (Å²) in [6.07, 6.45) is 0.511. The van der Waals surface area contributed by atoms with E-state index in [1.165, 1.54) is 16.2 Å². The minimum absolute atomic E-state index is 0.0341. The number of carbonyl (C=O) groups is 2. The summed E-state index contributed by atoms with van der Waals surface area (Å²) in [5.41, 5.74) is -0.980. The van der Waals surface area contributed by atoms with Gasteiger partial charge in [0.1, 0.15) is 5.60 Å². The Morgan fingerprint density at radius 3 is 3.00 bits per heavy atom. The van der Waals surface area contributed by atoms with Crippen LogP contribution in [0.5, 0.6) is 0 Å². The van der Waals surface area contributed by atoms with Gasteiger partial charge in [0, 0.05) is 26.6 Å². The number of hydrogen-bond acceptors (Lipinski definition) is 5. The van der Waals surface area contributed by atoms with Crippen LogP contribution in [0, 0.1) is 0 Å². The van der Waals surface area contributed by atoms with Crippen molar-refractivity contribution in [3.63, 3.8) is 0 Å². The molecule has 7 heteroatoms. The molecule has 0 aliphatic carbocycles. The molecule has 2 heterocycles. The topological polar surface area (TPSA) is 78.9 Å². The van der Waals surface area contributed by atoms with E-state index in [1.54, 1.807) is 19.2 Å². The molecular formula is C13H18N2O4S. The molecule has 1 aliphatic rings. The van der Waals surface area contributed by atoms with Crippen molar-refractivity contribution >= 4 is 23.2 Å². The lowest BCUT2D eigenvalue weighted by molar-refractivity contribution is -0.122. The lowest BCUT2D eigenvalue weighted by Crippen LogP contribution is -2.46. The minimum atomic E-state index is -0.980. The first-order valence-electron chi connectivity index (χ1n) is 6.36. The quantitative estimate of drug-likeness (QED) is 0.807. The van der Waals surface area contributed by atoms with Crippen molar-refractivity contribution in [3.05, 3.63) is 22.4 Å². The number of amides is 2. The predicted molar refractivity (Wildman–Crippen MR) is 74.7 cm³/mol. The van der Waals surface area contributed by atoms with Crippen LogP contribution in [0.25, 0.3) is 0 Å². The monoisotopic (exact) mass is 298 g/mol. The largest absolute Gasteiger partial charge is 0.386 e. The molecule has 110 valence electrons. The highest BCUT2D eigenvalue weighted by molar-refractivity contribution is 7.12. The molecule has 1 saturated heterocycles. The smallest absolute Gasteiger partial charge is 0.264 e. The SMILES string of the molecule is CN(CC(=O)NCC1(O)CCOC1)C(=O)c1cccs1. The Morgan fingerprint density at radius 2 is 2.40 bits per heavy atom. The first-order valence-corrected chi connectivity index (χ1v) is 7.24. The molecule has 0 aromatic carbocycles. The highest BCUT2D eigenvalue weighted by Crippen LogP contribution is 2.16. The Kier molecular flexibility index (Phi) is 4.74. The van der Waals surface area contributed by atoms with Gasteiger partial charge in [-0.2, -0.15) is 0 Å². The summed E-state index contributed by atoms with van der Waals surface area (Å²) in [7, 11) is 1.58. The Hall–Kier alpha value is -1.44. The summed E-state index contributed by atoms with van der Waals surface area (Å²) < 4.78 is 5.10. The van der Waals surface area contributed by atoms with Crippen LogP contribution in [-0.4, -0.2) is 60.8 Å². The van der Waals surface area contributed by atoms with Gasteiger partial charge < -0.3 is 20.1 Å². The van der Waals surface area contributed by atoms with Gasteiger partial charge in [0.2, 0.25) is 5.91 Å². The van der Waals surface area contributed by atoms with Gasteiger partial charge >= 0.3 is 0 Å². The van der Waals surface area contributed by atoms with Gasteiger partial charge in [-0.15, -0.1) is 11.3 Å². The minimum Gasteiger partial charge on any atom is -0.386 e. The van der Waals surface area contributed by atoms with Gasteiger partial charge in [-0.25, -0.2) is 0 Å². The van der Waals surface area contributed by atoms with Crippen LogP contribution in [0.4, 0.5) is 0 Å². The summed E-state index contributed by atoms with van der Waals surface area (Å²) in [5, 5.41) is 14.5. The molecule has 20 heavy (non-hydrogen) atoms. The van der Waals surface area contributed by atoms with Crippen LogP contribution in [0.2, 0.25) is 0 Å². The van der Waals surface area contributed by atoms with E-state index in [2.05, 4.69) is 5.32 Å². The molecule has 0 saturated carbocycles. The molecule has 0 radical (unpaired) electrons. The maximum absolute atomic E-state index is 12.0. The second-order valence-corrected chi connectivity index (χ2v) is 5.89. The van der Waals surface area contributed by atoms with E-state index >= 15 is 0 Å². The van der Waals surface area contributed by atoms with E-state index in [-0.39, 0.29) is 31.5 Å². The fourth-order valence-electron chi connectivity index (χ4n) is 1.93. The summed E-state index contributed by atoms with van der Waals surface area (Å²) in [4.78, 5) is 25.7. The second kappa shape index (κ2) is 6.34. The lowest BCUT2D eigenvalue weighted by Gasteiger charge is -2.22. The molecule has 1 aromatic heterocycles. The third-order valence-corrected chi connectivity index (χ3v) is 4.01. The van der Waals surface area contributed by atoms with Crippen LogP contribution >= 0.6 is 11.3 Å². The fourth-order valence-corrected chi connectivity index (χ4v) is 2.65. The van der Waals surface area contributed by atoms with Gasteiger partial charge in [0.15, 0.2) is 0 Å². The van der Waals surface area contributed by atoms with Crippen LogP contribution < -0.4 is 5.32 Å². The number of rotatable bonds is 5. The highest BCUT2D eigenvalue weighted by atomic mass is 32.1. The molecule has 1 atom stereocenters. The first kappa shape index (κ1) is 15.0. The molecule has 6 nitrogen and oxygen atoms in total. The van der Waals surface area contributed by atoms with Crippen molar-refractivity contribution in [3.8, 4) is 0 Å². The number of carbonyl (C=O) groups excluding carboxylic acids is 2. The van der Waals surface area contributed by atoms with E-state index in [0.29, 0.717) is 17.9 Å². The van der Waals surface area contributed by atoms with Crippen LogP contribution in [0.1, 0.15) is 16.1 Å². The Balaban J connectivity index is 1.78. The van der Waals surface area contributed by atoms with E-state index in [9.17, 15) is 14.7 Å². The molecule has 0 spiro atoms. The number of nitrogens with zero attached hydrogens (tertiary/aromatic N) is 1. The van der Waals surface area contributed by atoms with Gasteiger partial charge in [-0.3, -0.25) is 9.59 Å². The maximum atomic E-state index is 12.0. The maximum Gasteiger partial charge on any atom is 0.264 e. The van der Waals surface area contributed by atoms with Crippen LogP contribution in [0.15, 0.2) is 17.5 Å². The van der Waals surface area contributed by atoms with Crippen molar-refractivity contribution in [2.45, 2.75) is 12.0 Å². The Labute approximate surface area is 121 Å².